The molecule has 148 valence electrons. The van der Waals surface area contributed by atoms with Gasteiger partial charge in [0.1, 0.15) is 10.7 Å². The summed E-state index contributed by atoms with van der Waals surface area (Å²) < 4.78 is 46.6. The summed E-state index contributed by atoms with van der Waals surface area (Å²) in [4.78, 5) is 19.8. The van der Waals surface area contributed by atoms with Gasteiger partial charge in [0.15, 0.2) is 22.8 Å². The number of quaternary nitrogens is 1. The minimum atomic E-state index is -4.73. The molecular weight excluding hydrogens is 399 g/mol. The van der Waals surface area contributed by atoms with Gasteiger partial charge < -0.3 is 14.2 Å². The molecule has 0 aromatic carbocycles. The zero-order valence-electron chi connectivity index (χ0n) is 14.8. The number of hydrogen-bond acceptors (Lipinski definition) is 4. The molecule has 1 N–H and O–H groups in total. The summed E-state index contributed by atoms with van der Waals surface area (Å²) in [7, 11) is 2.01. The summed E-state index contributed by atoms with van der Waals surface area (Å²) >= 11 is 6.26. The largest absolute Gasteiger partial charge is 0.463 e. The number of amides is 1. The van der Waals surface area contributed by atoms with Gasteiger partial charge in [-0.3, -0.25) is 4.79 Å². The molecule has 0 atom stereocenters. The number of alkyl halides is 3. The third-order valence-electron chi connectivity index (χ3n) is 4.70. The summed E-state index contributed by atoms with van der Waals surface area (Å²) in [5.41, 5.74) is -1.62. The number of hydrogen-bond donors (Lipinski definition) is 1. The van der Waals surface area contributed by atoms with Crippen LogP contribution in [0, 0.1) is 0 Å². The first-order valence-corrected chi connectivity index (χ1v) is 8.94. The molecule has 0 bridgehead atoms. The van der Waals surface area contributed by atoms with E-state index in [-0.39, 0.29) is 27.8 Å². The van der Waals surface area contributed by atoms with E-state index in [0.717, 1.165) is 19.2 Å². The van der Waals surface area contributed by atoms with Crippen LogP contribution in [0.3, 0.4) is 0 Å². The molecule has 0 unspecified atom stereocenters. The van der Waals surface area contributed by atoms with Gasteiger partial charge in [0, 0.05) is 0 Å². The molecule has 1 fully saturated rings. The molecule has 3 aromatic rings. The van der Waals surface area contributed by atoms with Crippen molar-refractivity contribution in [3.8, 4) is 11.5 Å². The molecule has 1 aliphatic heterocycles. The van der Waals surface area contributed by atoms with Crippen LogP contribution in [0.15, 0.2) is 28.9 Å². The normalized spacial score (nSPS) is 16.1. The van der Waals surface area contributed by atoms with Gasteiger partial charge in [-0.2, -0.15) is 18.3 Å². The summed E-state index contributed by atoms with van der Waals surface area (Å²) in [6, 6.07) is 3.85. The van der Waals surface area contributed by atoms with E-state index in [9.17, 15) is 18.0 Å². The zero-order valence-corrected chi connectivity index (χ0v) is 15.5. The van der Waals surface area contributed by atoms with Gasteiger partial charge in [0.05, 0.1) is 39.5 Å². The number of nitrogens with zero attached hydrogens (tertiary/aromatic N) is 4. The molecule has 0 saturated carbocycles. The first-order valence-electron chi connectivity index (χ1n) is 8.56. The van der Waals surface area contributed by atoms with E-state index < -0.39 is 17.8 Å². The first-order chi connectivity index (χ1) is 13.3. The maximum atomic E-state index is 13.6. The van der Waals surface area contributed by atoms with E-state index in [0.29, 0.717) is 17.6 Å². The maximum absolute atomic E-state index is 13.6. The van der Waals surface area contributed by atoms with Crippen molar-refractivity contribution in [1.29, 1.82) is 0 Å². The fraction of sp³-hybridized carbons (Fsp3) is 0.353. The number of aromatic nitrogens is 3. The Balaban J connectivity index is 1.84. The highest BCUT2D eigenvalue weighted by Crippen LogP contribution is 2.34. The lowest BCUT2D eigenvalue weighted by molar-refractivity contribution is -0.883. The molecule has 0 aliphatic carbocycles. The third-order valence-corrected chi connectivity index (χ3v) is 5.05. The van der Waals surface area contributed by atoms with Crippen LogP contribution in [-0.4, -0.2) is 58.6 Å². The Bertz CT molecular complexity index is 1020. The predicted octanol–water partition coefficient (Wildman–Crippen LogP) is 1.63. The molecule has 0 radical (unpaired) electrons. The fourth-order valence-corrected chi connectivity index (χ4v) is 3.36. The van der Waals surface area contributed by atoms with Gasteiger partial charge in [-0.1, -0.05) is 11.6 Å². The molecule has 1 saturated heterocycles. The third kappa shape index (κ3) is 3.22. The Kier molecular flexibility index (Phi) is 4.54. The number of carbonyl (C=O) groups excluding carboxylic acids is 1. The van der Waals surface area contributed by atoms with Crippen molar-refractivity contribution in [2.75, 3.05) is 33.2 Å². The van der Waals surface area contributed by atoms with Crippen LogP contribution < -0.4 is 4.90 Å². The number of carbonyl (C=O) groups is 1. The number of rotatable bonds is 2. The highest BCUT2D eigenvalue weighted by atomic mass is 35.5. The molecule has 7 nitrogen and oxygen atoms in total. The predicted molar refractivity (Wildman–Crippen MR) is 93.2 cm³/mol. The molecule has 28 heavy (non-hydrogen) atoms. The lowest BCUT2D eigenvalue weighted by atomic mass is 10.2. The van der Waals surface area contributed by atoms with Crippen LogP contribution in [0.2, 0.25) is 5.02 Å². The lowest BCUT2D eigenvalue weighted by Crippen LogP contribution is -3.12. The van der Waals surface area contributed by atoms with Crippen molar-refractivity contribution in [2.24, 2.45) is 0 Å². The molecule has 4 heterocycles. The molecule has 11 heteroatoms. The van der Waals surface area contributed by atoms with E-state index in [1.54, 1.807) is 4.90 Å². The van der Waals surface area contributed by atoms with Crippen molar-refractivity contribution in [3.05, 3.63) is 40.9 Å². The minimum Gasteiger partial charge on any atom is -0.463 e. The lowest BCUT2D eigenvalue weighted by Gasteiger charge is -2.29. The second-order valence-corrected chi connectivity index (χ2v) is 7.03. The molecular formula is C17H16ClF3N5O2+. The topological polar surface area (TPSA) is 68.1 Å². The SMILES string of the molecule is C[NH+]1CCN(C(=O)c2nn3c(C(F)(F)F)cc(-c4ccco4)nc3c2Cl)CC1. The second kappa shape index (κ2) is 6.78. The van der Waals surface area contributed by atoms with Gasteiger partial charge in [0.25, 0.3) is 5.91 Å². The number of furan rings is 1. The molecule has 4 rings (SSSR count). The summed E-state index contributed by atoms with van der Waals surface area (Å²) in [5, 5.41) is 3.66. The quantitative estimate of drug-likeness (QED) is 0.692. The molecule has 1 amide bonds. The Labute approximate surface area is 162 Å². The van der Waals surface area contributed by atoms with Gasteiger partial charge in [-0.05, 0) is 18.2 Å². The van der Waals surface area contributed by atoms with Crippen LogP contribution >= 0.6 is 11.6 Å². The average molecular weight is 415 g/mol. The average Bonchev–Trinajstić information content (AvgIpc) is 3.29. The minimum absolute atomic E-state index is 0.0474. The van der Waals surface area contributed by atoms with Crippen molar-refractivity contribution >= 4 is 23.2 Å². The Morgan fingerprint density at radius 1 is 1.32 bits per heavy atom. The van der Waals surface area contributed by atoms with Gasteiger partial charge >= 0.3 is 6.18 Å². The molecule has 3 aromatic heterocycles. The number of nitrogens with one attached hydrogen (secondary N) is 1. The Hall–Kier alpha value is -2.59. The number of fused-ring (bicyclic) bond motifs is 1. The van der Waals surface area contributed by atoms with E-state index in [4.69, 9.17) is 16.0 Å². The van der Waals surface area contributed by atoms with E-state index in [2.05, 4.69) is 10.1 Å². The van der Waals surface area contributed by atoms with Crippen molar-refractivity contribution < 1.29 is 27.3 Å². The summed E-state index contributed by atoms with van der Waals surface area (Å²) in [6.45, 7) is 2.44. The van der Waals surface area contributed by atoms with Crippen molar-refractivity contribution in [1.82, 2.24) is 19.5 Å². The van der Waals surface area contributed by atoms with Gasteiger partial charge in [0.2, 0.25) is 0 Å². The van der Waals surface area contributed by atoms with Crippen LogP contribution in [0.1, 0.15) is 16.2 Å². The first kappa shape index (κ1) is 18.8. The monoisotopic (exact) mass is 414 g/mol. The Morgan fingerprint density at radius 2 is 2.04 bits per heavy atom. The van der Waals surface area contributed by atoms with Crippen LogP contribution in [-0.2, 0) is 6.18 Å². The fourth-order valence-electron chi connectivity index (χ4n) is 3.12. The van der Waals surface area contributed by atoms with E-state index in [1.165, 1.54) is 23.3 Å². The van der Waals surface area contributed by atoms with Crippen LogP contribution in [0.5, 0.6) is 0 Å². The van der Waals surface area contributed by atoms with E-state index >= 15 is 0 Å². The second-order valence-electron chi connectivity index (χ2n) is 6.65. The zero-order chi connectivity index (χ0) is 20.1. The highest BCUT2D eigenvalue weighted by Gasteiger charge is 2.37. The van der Waals surface area contributed by atoms with Gasteiger partial charge in [-0.25, -0.2) is 9.50 Å². The van der Waals surface area contributed by atoms with E-state index in [1.807, 2.05) is 7.05 Å². The van der Waals surface area contributed by atoms with Crippen molar-refractivity contribution in [2.45, 2.75) is 6.18 Å². The standard InChI is InChI=1S/C17H15ClF3N5O2/c1-24-4-6-25(7-5-24)16(27)14-13(18)15-22-10(11-3-2-8-28-11)9-12(17(19,20)21)26(15)23-14/h2-3,8-9H,4-7H2,1H3/p+1. The molecule has 0 spiro atoms. The summed E-state index contributed by atoms with van der Waals surface area (Å²) in [5.74, 6) is -0.351. The number of likely N-dealkylation sites (N-methyl/N-ethyl adjacent to an activating group) is 1. The maximum Gasteiger partial charge on any atom is 0.433 e. The molecule has 1 aliphatic rings. The van der Waals surface area contributed by atoms with Crippen LogP contribution in [0.4, 0.5) is 13.2 Å². The number of piperazine rings is 1. The van der Waals surface area contributed by atoms with Crippen LogP contribution in [0.25, 0.3) is 17.1 Å². The summed E-state index contributed by atoms with van der Waals surface area (Å²) in [6.07, 6.45) is -3.40. The smallest absolute Gasteiger partial charge is 0.433 e. The Morgan fingerprint density at radius 3 is 2.64 bits per heavy atom. The highest BCUT2D eigenvalue weighted by molar-refractivity contribution is 6.36. The van der Waals surface area contributed by atoms with Crippen molar-refractivity contribution in [3.63, 3.8) is 0 Å². The number of halogens is 4. The van der Waals surface area contributed by atoms with Gasteiger partial charge in [-0.15, -0.1) is 0 Å².